The fraction of sp³-hybridized carbons (Fsp3) is 0.143. The number of nitrogens with one attached hydrogen (secondary N) is 1. The van der Waals surface area contributed by atoms with E-state index >= 15 is 0 Å². The molecule has 112 valence electrons. The number of rotatable bonds is 4. The highest BCUT2D eigenvalue weighted by atomic mass is 35.5. The summed E-state index contributed by atoms with van der Waals surface area (Å²) in [5.41, 5.74) is -3.80. The van der Waals surface area contributed by atoms with Gasteiger partial charge in [-0.15, -0.1) is 0 Å². The SMILES string of the molecule is Fc1c(Cl)cccc1CNc1ccccc1SC(F)(F)F. The van der Waals surface area contributed by atoms with Crippen molar-refractivity contribution in [2.45, 2.75) is 16.9 Å². The minimum atomic E-state index is -4.38. The summed E-state index contributed by atoms with van der Waals surface area (Å²) in [6, 6.07) is 10.5. The minimum absolute atomic E-state index is 0.0211. The number of hydrogen-bond acceptors (Lipinski definition) is 2. The van der Waals surface area contributed by atoms with Crippen molar-refractivity contribution < 1.29 is 17.6 Å². The summed E-state index contributed by atoms with van der Waals surface area (Å²) in [5, 5.41) is 2.78. The average Bonchev–Trinajstić information content (AvgIpc) is 2.40. The maximum atomic E-state index is 13.7. The van der Waals surface area contributed by atoms with E-state index in [0.717, 1.165) is 0 Å². The highest BCUT2D eigenvalue weighted by Crippen LogP contribution is 2.40. The maximum Gasteiger partial charge on any atom is 0.446 e. The molecule has 1 nitrogen and oxygen atoms in total. The van der Waals surface area contributed by atoms with Crippen molar-refractivity contribution in [3.63, 3.8) is 0 Å². The van der Waals surface area contributed by atoms with E-state index in [1.54, 1.807) is 12.1 Å². The largest absolute Gasteiger partial charge is 0.446 e. The van der Waals surface area contributed by atoms with E-state index in [0.29, 0.717) is 5.69 Å². The van der Waals surface area contributed by atoms with E-state index in [-0.39, 0.29) is 33.8 Å². The molecule has 2 aromatic carbocycles. The normalized spacial score (nSPS) is 11.5. The van der Waals surface area contributed by atoms with Crippen LogP contribution in [0.2, 0.25) is 5.02 Å². The number of thioether (sulfide) groups is 1. The molecule has 0 radical (unpaired) electrons. The fourth-order valence-electron chi connectivity index (χ4n) is 1.70. The Kier molecular flexibility index (Phi) is 5.00. The van der Waals surface area contributed by atoms with Crippen molar-refractivity contribution in [3.05, 3.63) is 58.9 Å². The molecule has 1 N–H and O–H groups in total. The molecule has 0 aromatic heterocycles. The summed E-state index contributed by atoms with van der Waals surface area (Å²) in [7, 11) is 0. The lowest BCUT2D eigenvalue weighted by Gasteiger charge is -2.13. The summed E-state index contributed by atoms with van der Waals surface area (Å²) >= 11 is 5.45. The lowest BCUT2D eigenvalue weighted by Crippen LogP contribution is -2.05. The molecule has 2 rings (SSSR count). The number of anilines is 1. The van der Waals surface area contributed by atoms with Gasteiger partial charge in [0.1, 0.15) is 5.82 Å². The molecule has 0 aliphatic rings. The first-order valence-corrected chi connectivity index (χ1v) is 7.08. The number of benzene rings is 2. The van der Waals surface area contributed by atoms with Crippen LogP contribution in [0, 0.1) is 5.82 Å². The Hall–Kier alpha value is -1.40. The van der Waals surface area contributed by atoms with Crippen molar-refractivity contribution in [1.82, 2.24) is 0 Å². The second kappa shape index (κ2) is 6.58. The van der Waals surface area contributed by atoms with Crippen molar-refractivity contribution in [2.24, 2.45) is 0 Å². The van der Waals surface area contributed by atoms with Gasteiger partial charge in [0.25, 0.3) is 0 Å². The van der Waals surface area contributed by atoms with E-state index in [1.165, 1.54) is 30.3 Å². The Morgan fingerprint density at radius 3 is 2.48 bits per heavy atom. The van der Waals surface area contributed by atoms with Crippen LogP contribution in [0.4, 0.5) is 23.2 Å². The van der Waals surface area contributed by atoms with Gasteiger partial charge < -0.3 is 5.32 Å². The Morgan fingerprint density at radius 2 is 1.76 bits per heavy atom. The van der Waals surface area contributed by atoms with E-state index in [9.17, 15) is 17.6 Å². The van der Waals surface area contributed by atoms with E-state index in [4.69, 9.17) is 11.6 Å². The van der Waals surface area contributed by atoms with Gasteiger partial charge in [-0.2, -0.15) is 13.2 Å². The molecule has 0 unspecified atom stereocenters. The van der Waals surface area contributed by atoms with Crippen molar-refractivity contribution in [2.75, 3.05) is 5.32 Å². The van der Waals surface area contributed by atoms with Gasteiger partial charge in [0, 0.05) is 22.7 Å². The van der Waals surface area contributed by atoms with Crippen LogP contribution in [0.5, 0.6) is 0 Å². The number of alkyl halides is 3. The first-order chi connectivity index (χ1) is 9.87. The molecule has 0 spiro atoms. The van der Waals surface area contributed by atoms with Gasteiger partial charge in [0.2, 0.25) is 0 Å². The number of halogens is 5. The second-order valence-electron chi connectivity index (χ2n) is 4.11. The molecule has 0 heterocycles. The predicted octanol–water partition coefficient (Wildman–Crippen LogP) is 5.70. The van der Waals surface area contributed by atoms with Crippen molar-refractivity contribution in [3.8, 4) is 0 Å². The van der Waals surface area contributed by atoms with Crippen LogP contribution in [-0.2, 0) is 6.54 Å². The summed E-state index contributed by atoms with van der Waals surface area (Å²) in [6.07, 6.45) is 0. The van der Waals surface area contributed by atoms with Crippen LogP contribution in [0.25, 0.3) is 0 Å². The van der Waals surface area contributed by atoms with Gasteiger partial charge in [0.05, 0.1) is 5.02 Å². The van der Waals surface area contributed by atoms with Crippen molar-refractivity contribution in [1.29, 1.82) is 0 Å². The molecule has 0 saturated heterocycles. The van der Waals surface area contributed by atoms with Gasteiger partial charge >= 0.3 is 5.51 Å². The van der Waals surface area contributed by atoms with Crippen LogP contribution >= 0.6 is 23.4 Å². The number of hydrogen-bond donors (Lipinski definition) is 1. The van der Waals surface area contributed by atoms with Gasteiger partial charge in [-0.3, -0.25) is 0 Å². The van der Waals surface area contributed by atoms with Crippen LogP contribution in [-0.4, -0.2) is 5.51 Å². The van der Waals surface area contributed by atoms with Crippen molar-refractivity contribution >= 4 is 29.1 Å². The highest BCUT2D eigenvalue weighted by Gasteiger charge is 2.30. The van der Waals surface area contributed by atoms with Crippen LogP contribution in [0.3, 0.4) is 0 Å². The minimum Gasteiger partial charge on any atom is -0.380 e. The zero-order chi connectivity index (χ0) is 15.5. The monoisotopic (exact) mass is 335 g/mol. The zero-order valence-corrected chi connectivity index (χ0v) is 12.1. The van der Waals surface area contributed by atoms with E-state index in [2.05, 4.69) is 5.32 Å². The second-order valence-corrected chi connectivity index (χ2v) is 5.62. The molecule has 0 aliphatic heterocycles. The summed E-state index contributed by atoms with van der Waals surface area (Å²) < 4.78 is 51.1. The Morgan fingerprint density at radius 1 is 1.05 bits per heavy atom. The Labute approximate surface area is 128 Å². The Balaban J connectivity index is 2.15. The summed E-state index contributed by atoms with van der Waals surface area (Å²) in [4.78, 5) is 0.0347. The third-order valence-electron chi connectivity index (χ3n) is 2.61. The molecule has 0 aliphatic carbocycles. The first-order valence-electron chi connectivity index (χ1n) is 5.88. The molecule has 0 saturated carbocycles. The lowest BCUT2D eigenvalue weighted by atomic mass is 10.2. The highest BCUT2D eigenvalue weighted by molar-refractivity contribution is 8.00. The number of para-hydroxylation sites is 1. The van der Waals surface area contributed by atoms with Crippen LogP contribution in [0.15, 0.2) is 47.4 Å². The lowest BCUT2D eigenvalue weighted by molar-refractivity contribution is -0.0327. The first kappa shape index (κ1) is 16.0. The molecule has 0 fully saturated rings. The summed E-state index contributed by atoms with van der Waals surface area (Å²) in [6.45, 7) is 0.0435. The molecule has 21 heavy (non-hydrogen) atoms. The van der Waals surface area contributed by atoms with E-state index in [1.807, 2.05) is 0 Å². The standard InChI is InChI=1S/C14H10ClF4NS/c15-10-5-3-4-9(13(10)16)8-20-11-6-1-2-7-12(11)21-14(17,18)19/h1-7,20H,8H2. The summed E-state index contributed by atoms with van der Waals surface area (Å²) in [5.74, 6) is -0.576. The predicted molar refractivity (Wildman–Crippen MR) is 77.1 cm³/mol. The Bertz CT molecular complexity index is 631. The van der Waals surface area contributed by atoms with Gasteiger partial charge in [-0.05, 0) is 30.0 Å². The third-order valence-corrected chi connectivity index (χ3v) is 3.71. The maximum absolute atomic E-state index is 13.7. The molecular formula is C14H10ClF4NS. The molecule has 0 amide bonds. The molecule has 2 aromatic rings. The molecule has 0 bridgehead atoms. The smallest absolute Gasteiger partial charge is 0.380 e. The average molecular weight is 336 g/mol. The molecule has 7 heteroatoms. The van der Waals surface area contributed by atoms with Gasteiger partial charge in [-0.1, -0.05) is 35.9 Å². The fourth-order valence-corrected chi connectivity index (χ4v) is 2.54. The van der Waals surface area contributed by atoms with E-state index < -0.39 is 11.3 Å². The van der Waals surface area contributed by atoms with Crippen LogP contribution < -0.4 is 5.32 Å². The van der Waals surface area contributed by atoms with Gasteiger partial charge in [-0.25, -0.2) is 4.39 Å². The zero-order valence-electron chi connectivity index (χ0n) is 10.5. The quantitative estimate of drug-likeness (QED) is 0.568. The van der Waals surface area contributed by atoms with Crippen LogP contribution in [0.1, 0.15) is 5.56 Å². The topological polar surface area (TPSA) is 12.0 Å². The molecular weight excluding hydrogens is 326 g/mol. The van der Waals surface area contributed by atoms with Gasteiger partial charge in [0.15, 0.2) is 0 Å². The molecule has 0 atom stereocenters. The third kappa shape index (κ3) is 4.54.